The van der Waals surface area contributed by atoms with E-state index in [1.54, 1.807) is 37.5 Å². The number of amides is 1. The molecule has 0 bridgehead atoms. The summed E-state index contributed by atoms with van der Waals surface area (Å²) in [4.78, 5) is 25.8. The third-order valence-electron chi connectivity index (χ3n) is 5.69. The lowest BCUT2D eigenvalue weighted by Gasteiger charge is -2.35. The standard InChI is InChI=1S/C28H28N2O3/c1-28(2)17-22-12-13-23(33-3)15-24(22)25(30-28)16-26(31)20-10-7-11-21(14-20)27(32)29-18-19-8-5-4-6-9-19/h4-16,30H,17-18H2,1-3H3,(H,29,32)/b25-16-. The van der Waals surface area contributed by atoms with Gasteiger partial charge < -0.3 is 15.4 Å². The SMILES string of the molecule is COc1ccc2c(c1)/C(=C/C(=O)c1cccc(C(=O)NCc3ccccc3)c1)NC(C)(C)C2. The second-order valence-electron chi connectivity index (χ2n) is 8.88. The predicted molar refractivity (Wildman–Crippen MR) is 130 cm³/mol. The van der Waals surface area contributed by atoms with Crippen molar-refractivity contribution in [2.75, 3.05) is 7.11 Å². The van der Waals surface area contributed by atoms with Gasteiger partial charge in [0, 0.05) is 40.5 Å². The number of rotatable bonds is 6. The van der Waals surface area contributed by atoms with Gasteiger partial charge in [-0.05, 0) is 55.7 Å². The molecule has 5 heteroatoms. The van der Waals surface area contributed by atoms with Crippen LogP contribution in [0.5, 0.6) is 5.75 Å². The van der Waals surface area contributed by atoms with Crippen molar-refractivity contribution in [1.29, 1.82) is 0 Å². The Labute approximate surface area is 194 Å². The molecule has 0 saturated heterocycles. The summed E-state index contributed by atoms with van der Waals surface area (Å²) in [6.07, 6.45) is 2.45. The molecular weight excluding hydrogens is 412 g/mol. The van der Waals surface area contributed by atoms with Gasteiger partial charge in [-0.1, -0.05) is 48.5 Å². The third-order valence-corrected chi connectivity index (χ3v) is 5.69. The molecule has 5 nitrogen and oxygen atoms in total. The maximum atomic E-state index is 13.2. The van der Waals surface area contributed by atoms with Crippen molar-refractivity contribution in [3.05, 3.63) is 107 Å². The Kier molecular flexibility index (Phi) is 6.31. The normalized spacial score (nSPS) is 15.3. The number of ether oxygens (including phenoxy) is 1. The Morgan fingerprint density at radius 2 is 1.76 bits per heavy atom. The van der Waals surface area contributed by atoms with Gasteiger partial charge in [0.25, 0.3) is 5.91 Å². The quantitative estimate of drug-likeness (QED) is 0.428. The Morgan fingerprint density at radius 3 is 2.52 bits per heavy atom. The molecule has 1 heterocycles. The molecule has 1 aliphatic rings. The van der Waals surface area contributed by atoms with E-state index in [0.29, 0.717) is 17.7 Å². The minimum Gasteiger partial charge on any atom is -0.497 e. The third kappa shape index (κ3) is 5.32. The van der Waals surface area contributed by atoms with Gasteiger partial charge in [0.05, 0.1) is 7.11 Å². The zero-order valence-electron chi connectivity index (χ0n) is 19.1. The Balaban J connectivity index is 1.57. The largest absolute Gasteiger partial charge is 0.497 e. The number of hydrogen-bond donors (Lipinski definition) is 2. The van der Waals surface area contributed by atoms with E-state index in [1.165, 1.54) is 0 Å². The summed E-state index contributed by atoms with van der Waals surface area (Å²) in [6.45, 7) is 4.64. The first kappa shape index (κ1) is 22.3. The van der Waals surface area contributed by atoms with Gasteiger partial charge >= 0.3 is 0 Å². The number of nitrogens with one attached hydrogen (secondary N) is 2. The lowest BCUT2D eigenvalue weighted by molar-refractivity contribution is 0.0951. The van der Waals surface area contributed by atoms with Crippen LogP contribution in [0.2, 0.25) is 0 Å². The van der Waals surface area contributed by atoms with Crippen LogP contribution in [-0.4, -0.2) is 24.3 Å². The summed E-state index contributed by atoms with van der Waals surface area (Å²) >= 11 is 0. The van der Waals surface area contributed by atoms with Crippen LogP contribution in [0.3, 0.4) is 0 Å². The Hall–Kier alpha value is -3.86. The monoisotopic (exact) mass is 440 g/mol. The number of carbonyl (C=O) groups excluding carboxylic acids is 2. The summed E-state index contributed by atoms with van der Waals surface area (Å²) in [5.74, 6) is 0.362. The van der Waals surface area contributed by atoms with Crippen molar-refractivity contribution < 1.29 is 14.3 Å². The van der Waals surface area contributed by atoms with Crippen LogP contribution in [0.25, 0.3) is 5.70 Å². The first-order valence-corrected chi connectivity index (χ1v) is 11.0. The number of benzene rings is 3. The fraction of sp³-hybridized carbons (Fsp3) is 0.214. The van der Waals surface area contributed by atoms with Gasteiger partial charge in [-0.15, -0.1) is 0 Å². The molecule has 0 unspecified atom stereocenters. The molecule has 168 valence electrons. The zero-order chi connectivity index (χ0) is 23.4. The summed E-state index contributed by atoms with van der Waals surface area (Å²) < 4.78 is 5.38. The molecule has 0 spiro atoms. The molecule has 33 heavy (non-hydrogen) atoms. The molecular formula is C28H28N2O3. The summed E-state index contributed by atoms with van der Waals surface area (Å²) in [5, 5.41) is 6.39. The van der Waals surface area contributed by atoms with Crippen molar-refractivity contribution in [2.24, 2.45) is 0 Å². The second kappa shape index (κ2) is 9.33. The minimum absolute atomic E-state index is 0.165. The second-order valence-corrected chi connectivity index (χ2v) is 8.88. The maximum Gasteiger partial charge on any atom is 0.251 e. The lowest BCUT2D eigenvalue weighted by Crippen LogP contribution is -2.43. The van der Waals surface area contributed by atoms with Gasteiger partial charge in [-0.2, -0.15) is 0 Å². The molecule has 0 aromatic heterocycles. The minimum atomic E-state index is -0.215. The highest BCUT2D eigenvalue weighted by Gasteiger charge is 2.28. The molecule has 1 amide bonds. The van der Waals surface area contributed by atoms with Crippen LogP contribution in [0, 0.1) is 0 Å². The Bertz CT molecular complexity index is 1210. The molecule has 1 aliphatic heterocycles. The van der Waals surface area contributed by atoms with Gasteiger partial charge in [-0.3, -0.25) is 9.59 Å². The fourth-order valence-electron chi connectivity index (χ4n) is 4.06. The smallest absolute Gasteiger partial charge is 0.251 e. The fourth-order valence-corrected chi connectivity index (χ4v) is 4.06. The van der Waals surface area contributed by atoms with E-state index in [0.717, 1.165) is 34.6 Å². The Morgan fingerprint density at radius 1 is 1.00 bits per heavy atom. The first-order valence-electron chi connectivity index (χ1n) is 11.0. The number of fused-ring (bicyclic) bond motifs is 1. The highest BCUT2D eigenvalue weighted by Crippen LogP contribution is 2.32. The van der Waals surface area contributed by atoms with E-state index < -0.39 is 0 Å². The number of allylic oxidation sites excluding steroid dienone is 1. The molecule has 0 radical (unpaired) electrons. The van der Waals surface area contributed by atoms with E-state index >= 15 is 0 Å². The van der Waals surface area contributed by atoms with Crippen LogP contribution in [-0.2, 0) is 13.0 Å². The van der Waals surface area contributed by atoms with Gasteiger partial charge in [0.15, 0.2) is 5.78 Å². The molecule has 4 rings (SSSR count). The van der Waals surface area contributed by atoms with Crippen LogP contribution in [0.4, 0.5) is 0 Å². The van der Waals surface area contributed by atoms with Gasteiger partial charge in [-0.25, -0.2) is 0 Å². The molecule has 0 atom stereocenters. The zero-order valence-corrected chi connectivity index (χ0v) is 19.1. The van der Waals surface area contributed by atoms with Crippen molar-refractivity contribution >= 4 is 17.4 Å². The number of carbonyl (C=O) groups is 2. The van der Waals surface area contributed by atoms with Crippen LogP contribution >= 0.6 is 0 Å². The molecule has 0 saturated carbocycles. The van der Waals surface area contributed by atoms with Crippen molar-refractivity contribution in [3.63, 3.8) is 0 Å². The molecule has 3 aromatic rings. The van der Waals surface area contributed by atoms with Crippen molar-refractivity contribution in [3.8, 4) is 5.75 Å². The summed E-state index contributed by atoms with van der Waals surface area (Å²) in [5.41, 5.74) is 4.62. The maximum absolute atomic E-state index is 13.2. The molecule has 2 N–H and O–H groups in total. The number of hydrogen-bond acceptors (Lipinski definition) is 4. The highest BCUT2D eigenvalue weighted by atomic mass is 16.5. The van der Waals surface area contributed by atoms with E-state index in [-0.39, 0.29) is 17.2 Å². The molecule has 0 fully saturated rings. The number of ketones is 1. The topological polar surface area (TPSA) is 67.4 Å². The van der Waals surface area contributed by atoms with Crippen LogP contribution in [0.1, 0.15) is 51.3 Å². The average molecular weight is 441 g/mol. The van der Waals surface area contributed by atoms with Crippen molar-refractivity contribution in [2.45, 2.75) is 32.4 Å². The van der Waals surface area contributed by atoms with E-state index in [2.05, 4.69) is 24.5 Å². The predicted octanol–water partition coefficient (Wildman–Crippen LogP) is 4.77. The highest BCUT2D eigenvalue weighted by molar-refractivity contribution is 6.10. The van der Waals surface area contributed by atoms with E-state index in [4.69, 9.17) is 4.74 Å². The number of methoxy groups -OCH3 is 1. The molecule has 3 aromatic carbocycles. The average Bonchev–Trinajstić information content (AvgIpc) is 2.82. The van der Waals surface area contributed by atoms with Crippen LogP contribution < -0.4 is 15.4 Å². The van der Waals surface area contributed by atoms with E-state index in [9.17, 15) is 9.59 Å². The summed E-state index contributed by atoms with van der Waals surface area (Å²) in [7, 11) is 1.63. The lowest BCUT2D eigenvalue weighted by atomic mass is 9.85. The van der Waals surface area contributed by atoms with E-state index in [1.807, 2.05) is 48.5 Å². The van der Waals surface area contributed by atoms with Crippen molar-refractivity contribution in [1.82, 2.24) is 10.6 Å². The van der Waals surface area contributed by atoms with Gasteiger partial charge in [0.2, 0.25) is 0 Å². The first-order chi connectivity index (χ1) is 15.8. The van der Waals surface area contributed by atoms with Gasteiger partial charge in [0.1, 0.15) is 5.75 Å². The van der Waals surface area contributed by atoms with Crippen LogP contribution in [0.15, 0.2) is 78.9 Å². The molecule has 0 aliphatic carbocycles. The summed E-state index contributed by atoms with van der Waals surface area (Å²) in [6, 6.07) is 22.5.